The average Bonchev–Trinajstić information content (AvgIpc) is 2.69. The molecule has 0 saturated carbocycles. The van der Waals surface area contributed by atoms with Crippen LogP contribution in [0, 0.1) is 12.7 Å². The van der Waals surface area contributed by atoms with Crippen LogP contribution in [-0.2, 0) is 26.0 Å². The fourth-order valence-electron chi connectivity index (χ4n) is 2.96. The molecular weight excluding hydrogens is 383 g/mol. The maximum Gasteiger partial charge on any atom is 0.243 e. The van der Waals surface area contributed by atoms with Gasteiger partial charge in [-0.2, -0.15) is 4.31 Å². The van der Waals surface area contributed by atoms with Crippen LogP contribution in [0.4, 0.5) is 10.1 Å². The molecule has 0 bridgehead atoms. The molecule has 0 aromatic heterocycles. The maximum atomic E-state index is 13.8. The van der Waals surface area contributed by atoms with Crippen LogP contribution in [0.5, 0.6) is 0 Å². The molecule has 0 aliphatic carbocycles. The molecule has 8 heteroatoms. The molecule has 2 aromatic rings. The molecule has 0 spiro atoms. The molecule has 0 atom stereocenters. The Labute approximate surface area is 164 Å². The lowest BCUT2D eigenvalue weighted by Crippen LogP contribution is -2.40. The Balaban J connectivity index is 1.57. The number of carbonyl (C=O) groups is 1. The molecule has 1 fully saturated rings. The van der Waals surface area contributed by atoms with Crippen LogP contribution in [-0.4, -0.2) is 44.9 Å². The van der Waals surface area contributed by atoms with Crippen LogP contribution in [0.25, 0.3) is 0 Å². The summed E-state index contributed by atoms with van der Waals surface area (Å²) >= 11 is 0. The molecule has 6 nitrogen and oxygen atoms in total. The molecule has 150 valence electrons. The first-order valence-corrected chi connectivity index (χ1v) is 10.5. The van der Waals surface area contributed by atoms with E-state index in [1.165, 1.54) is 16.4 Å². The van der Waals surface area contributed by atoms with Gasteiger partial charge in [0.2, 0.25) is 15.9 Å². The largest absolute Gasteiger partial charge is 0.379 e. The first-order valence-electron chi connectivity index (χ1n) is 9.09. The third kappa shape index (κ3) is 4.95. The standard InChI is InChI=1S/C20H23FN2O4S/c1-15-2-8-19(18(21)14-15)22-20(24)9-5-16-3-6-17(7-4-16)28(25,26)23-10-12-27-13-11-23/h2-4,6-8,14H,5,9-13H2,1H3,(H,22,24). The van der Waals surface area contributed by atoms with E-state index < -0.39 is 15.8 Å². The first kappa shape index (κ1) is 20.4. The van der Waals surface area contributed by atoms with Crippen molar-refractivity contribution in [2.75, 3.05) is 31.6 Å². The highest BCUT2D eigenvalue weighted by atomic mass is 32.2. The van der Waals surface area contributed by atoms with E-state index in [0.717, 1.165) is 11.1 Å². The summed E-state index contributed by atoms with van der Waals surface area (Å²) in [5.74, 6) is -0.765. The van der Waals surface area contributed by atoms with Gasteiger partial charge < -0.3 is 10.1 Å². The van der Waals surface area contributed by atoms with Gasteiger partial charge in [-0.25, -0.2) is 12.8 Å². The molecule has 3 rings (SSSR count). The molecule has 1 amide bonds. The zero-order valence-electron chi connectivity index (χ0n) is 15.7. The van der Waals surface area contributed by atoms with E-state index in [4.69, 9.17) is 4.74 Å². The van der Waals surface area contributed by atoms with Gasteiger partial charge in [0.25, 0.3) is 0 Å². The average molecular weight is 406 g/mol. The zero-order chi connectivity index (χ0) is 20.1. The number of ether oxygens (including phenoxy) is 1. The molecule has 1 aliphatic heterocycles. The summed E-state index contributed by atoms with van der Waals surface area (Å²) in [4.78, 5) is 12.3. The van der Waals surface area contributed by atoms with Gasteiger partial charge in [0.1, 0.15) is 5.82 Å². The minimum absolute atomic E-state index is 0.155. The van der Waals surface area contributed by atoms with Gasteiger partial charge in [-0.15, -0.1) is 0 Å². The van der Waals surface area contributed by atoms with Crippen molar-refractivity contribution in [3.63, 3.8) is 0 Å². The predicted molar refractivity (Wildman–Crippen MR) is 104 cm³/mol. The smallest absolute Gasteiger partial charge is 0.243 e. The van der Waals surface area contributed by atoms with Gasteiger partial charge in [-0.05, 0) is 48.7 Å². The van der Waals surface area contributed by atoms with Crippen molar-refractivity contribution in [2.45, 2.75) is 24.7 Å². The molecule has 2 aromatic carbocycles. The van der Waals surface area contributed by atoms with Crippen LogP contribution < -0.4 is 5.32 Å². The van der Waals surface area contributed by atoms with E-state index in [-0.39, 0.29) is 22.9 Å². The Morgan fingerprint density at radius 2 is 1.82 bits per heavy atom. The summed E-state index contributed by atoms with van der Waals surface area (Å²) in [5, 5.41) is 2.56. The van der Waals surface area contributed by atoms with Crippen LogP contribution in [0.2, 0.25) is 0 Å². The second kappa shape index (κ2) is 8.81. The number of hydrogen-bond acceptors (Lipinski definition) is 4. The number of anilines is 1. The van der Waals surface area contributed by atoms with Crippen molar-refractivity contribution in [1.29, 1.82) is 0 Å². The van der Waals surface area contributed by atoms with E-state index in [9.17, 15) is 17.6 Å². The van der Waals surface area contributed by atoms with Crippen molar-refractivity contribution in [3.05, 3.63) is 59.4 Å². The highest BCUT2D eigenvalue weighted by Crippen LogP contribution is 2.19. The minimum atomic E-state index is -3.53. The molecule has 1 heterocycles. The summed E-state index contributed by atoms with van der Waals surface area (Å²) in [6.07, 6.45) is 0.597. The summed E-state index contributed by atoms with van der Waals surface area (Å²) in [5.41, 5.74) is 1.77. The Bertz CT molecular complexity index is 939. The Morgan fingerprint density at radius 1 is 1.14 bits per heavy atom. The SMILES string of the molecule is Cc1ccc(NC(=O)CCc2ccc(S(=O)(=O)N3CCOCC3)cc2)c(F)c1. The number of halogens is 1. The van der Waals surface area contributed by atoms with Crippen molar-refractivity contribution in [1.82, 2.24) is 4.31 Å². The monoisotopic (exact) mass is 406 g/mol. The number of carbonyl (C=O) groups excluding carboxylic acids is 1. The van der Waals surface area contributed by atoms with Crippen molar-refractivity contribution in [3.8, 4) is 0 Å². The summed E-state index contributed by atoms with van der Waals surface area (Å²) in [6.45, 7) is 3.26. The molecule has 1 N–H and O–H groups in total. The number of hydrogen-bond donors (Lipinski definition) is 1. The lowest BCUT2D eigenvalue weighted by molar-refractivity contribution is -0.116. The van der Waals surface area contributed by atoms with Gasteiger partial charge in [-0.3, -0.25) is 4.79 Å². The fourth-order valence-corrected chi connectivity index (χ4v) is 4.36. The van der Waals surface area contributed by atoms with E-state index in [1.807, 2.05) is 0 Å². The highest BCUT2D eigenvalue weighted by molar-refractivity contribution is 7.89. The number of rotatable bonds is 6. The van der Waals surface area contributed by atoms with Crippen LogP contribution in [0.15, 0.2) is 47.4 Å². The molecule has 28 heavy (non-hydrogen) atoms. The van der Waals surface area contributed by atoms with E-state index in [2.05, 4.69) is 5.32 Å². The van der Waals surface area contributed by atoms with E-state index in [0.29, 0.717) is 32.7 Å². The molecular formula is C20H23FN2O4S. The lowest BCUT2D eigenvalue weighted by atomic mass is 10.1. The van der Waals surface area contributed by atoms with Crippen molar-refractivity contribution >= 4 is 21.6 Å². The van der Waals surface area contributed by atoms with Crippen molar-refractivity contribution < 1.29 is 22.3 Å². The Hall–Kier alpha value is -2.29. The van der Waals surface area contributed by atoms with Gasteiger partial charge >= 0.3 is 0 Å². The number of aryl methyl sites for hydroxylation is 2. The topological polar surface area (TPSA) is 75.7 Å². The van der Waals surface area contributed by atoms with Gasteiger partial charge in [0.15, 0.2) is 0 Å². The number of morpholine rings is 1. The Morgan fingerprint density at radius 3 is 2.46 bits per heavy atom. The number of amides is 1. The third-order valence-corrected chi connectivity index (χ3v) is 6.48. The van der Waals surface area contributed by atoms with Crippen LogP contribution in [0.3, 0.4) is 0 Å². The summed E-state index contributed by atoms with van der Waals surface area (Å²) < 4.78 is 45.6. The lowest BCUT2D eigenvalue weighted by Gasteiger charge is -2.26. The quantitative estimate of drug-likeness (QED) is 0.800. The van der Waals surface area contributed by atoms with Crippen molar-refractivity contribution in [2.24, 2.45) is 0 Å². The number of nitrogens with one attached hydrogen (secondary N) is 1. The number of nitrogens with zero attached hydrogens (tertiary/aromatic N) is 1. The van der Waals surface area contributed by atoms with Gasteiger partial charge in [0.05, 0.1) is 23.8 Å². The van der Waals surface area contributed by atoms with Gasteiger partial charge in [-0.1, -0.05) is 18.2 Å². The highest BCUT2D eigenvalue weighted by Gasteiger charge is 2.26. The van der Waals surface area contributed by atoms with Gasteiger partial charge in [0, 0.05) is 19.5 Å². The minimum Gasteiger partial charge on any atom is -0.379 e. The zero-order valence-corrected chi connectivity index (χ0v) is 16.5. The summed E-state index contributed by atoms with van der Waals surface area (Å²) in [6, 6.07) is 11.1. The molecule has 1 saturated heterocycles. The first-order chi connectivity index (χ1) is 13.4. The third-order valence-electron chi connectivity index (χ3n) is 4.57. The van der Waals surface area contributed by atoms with Crippen LogP contribution in [0.1, 0.15) is 17.5 Å². The normalized spacial score (nSPS) is 15.4. The van der Waals surface area contributed by atoms with E-state index >= 15 is 0 Å². The predicted octanol–water partition coefficient (Wildman–Crippen LogP) is 2.73. The van der Waals surface area contributed by atoms with Crippen LogP contribution >= 0.6 is 0 Å². The molecule has 0 radical (unpaired) electrons. The second-order valence-corrected chi connectivity index (χ2v) is 8.63. The summed E-state index contributed by atoms with van der Waals surface area (Å²) in [7, 11) is -3.53. The fraction of sp³-hybridized carbons (Fsp3) is 0.350. The number of benzene rings is 2. The number of sulfonamides is 1. The molecule has 1 aliphatic rings. The maximum absolute atomic E-state index is 13.8. The van der Waals surface area contributed by atoms with E-state index in [1.54, 1.807) is 37.3 Å². The second-order valence-electron chi connectivity index (χ2n) is 6.69. The Kier molecular flexibility index (Phi) is 6.43. The molecule has 0 unspecified atom stereocenters.